The molecular weight excluding hydrogens is 966 g/mol. The van der Waals surface area contributed by atoms with E-state index in [-0.39, 0.29) is 13.2 Å². The van der Waals surface area contributed by atoms with E-state index in [0.29, 0.717) is 83.6 Å². The molecule has 14 nitrogen and oxygen atoms in total. The van der Waals surface area contributed by atoms with Gasteiger partial charge in [0, 0.05) is 57.9 Å². The standard InChI is InChI=1S/C23H30Cl2N2O4.C14H21ClN2O2.C9H9ClO2.C5H12N2/c24-17-1-5-22(6-2-17)30-15-20(28)13-26-19-9-11-27(12-10-19)14-21(29)16-31-23-7-3-18(25)4-8-23;15-11-1-3-14(4-2-11)19-10-13(18)9-17-7-5-12(16)6-8-17;10-7-1-3-8(4-2-7)11-5-9-6-12-9;6-5-1-3-7-4-2-5/h1-8,19-21,26,28-29H,9-16H2;1-4,12-13,18H,5-10,16H2;1-4,9H,5-6H2;5,7H,1-4,6H2. The molecule has 18 heteroatoms. The summed E-state index contributed by atoms with van der Waals surface area (Å²) in [7, 11) is 0. The monoisotopic (exact) mass is 1040 g/mol. The van der Waals surface area contributed by atoms with Crippen molar-refractivity contribution in [1.82, 2.24) is 20.4 Å². The number of epoxide rings is 1. The number of halogens is 4. The zero-order valence-electron chi connectivity index (χ0n) is 39.4. The van der Waals surface area contributed by atoms with Crippen molar-refractivity contribution in [1.29, 1.82) is 0 Å². The molecule has 4 saturated heterocycles. The average molecular weight is 1040 g/mol. The van der Waals surface area contributed by atoms with Crippen molar-refractivity contribution in [2.24, 2.45) is 11.5 Å². The number of β-amino-alcohol motifs (C(OH)–C–C–N with tert-alkyl or cyclic N) is 2. The normalized spacial score (nSPS) is 19.2. The molecule has 4 aromatic rings. The van der Waals surface area contributed by atoms with Gasteiger partial charge in [-0.25, -0.2) is 0 Å². The van der Waals surface area contributed by atoms with Crippen LogP contribution in [0.5, 0.6) is 23.0 Å². The lowest BCUT2D eigenvalue weighted by Gasteiger charge is -2.33. The molecule has 4 aromatic carbocycles. The number of aliphatic hydroxyl groups is 3. The second-order valence-electron chi connectivity index (χ2n) is 17.7. The van der Waals surface area contributed by atoms with E-state index in [1.807, 2.05) is 24.3 Å². The molecule has 0 aromatic heterocycles. The van der Waals surface area contributed by atoms with E-state index in [4.69, 9.17) is 81.6 Å². The molecule has 4 aliphatic heterocycles. The van der Waals surface area contributed by atoms with Crippen LogP contribution in [0, 0.1) is 0 Å². The number of nitrogens with two attached hydrogens (primary N) is 2. The number of hydrogen-bond acceptors (Lipinski definition) is 14. The van der Waals surface area contributed by atoms with Crippen LogP contribution in [0.4, 0.5) is 0 Å². The van der Waals surface area contributed by atoms with Gasteiger partial charge in [0.2, 0.25) is 0 Å². The van der Waals surface area contributed by atoms with Crippen molar-refractivity contribution < 1.29 is 39.0 Å². The van der Waals surface area contributed by atoms with E-state index < -0.39 is 18.3 Å². The van der Waals surface area contributed by atoms with Crippen LogP contribution in [-0.2, 0) is 4.74 Å². The van der Waals surface area contributed by atoms with Crippen molar-refractivity contribution in [3.05, 3.63) is 117 Å². The average Bonchev–Trinajstić information content (AvgIpc) is 4.20. The maximum absolute atomic E-state index is 10.3. The molecule has 8 rings (SSSR count). The summed E-state index contributed by atoms with van der Waals surface area (Å²) < 4.78 is 27.1. The van der Waals surface area contributed by atoms with Gasteiger partial charge in [0.15, 0.2) is 0 Å². The van der Waals surface area contributed by atoms with Crippen LogP contribution in [0.3, 0.4) is 0 Å². The van der Waals surface area contributed by atoms with E-state index >= 15 is 0 Å². The molecule has 0 saturated carbocycles. The van der Waals surface area contributed by atoms with Crippen LogP contribution < -0.4 is 41.0 Å². The molecule has 4 heterocycles. The molecule has 69 heavy (non-hydrogen) atoms. The van der Waals surface area contributed by atoms with Crippen LogP contribution in [0.15, 0.2) is 97.1 Å². The van der Waals surface area contributed by atoms with E-state index in [9.17, 15) is 15.3 Å². The zero-order valence-corrected chi connectivity index (χ0v) is 42.4. The first-order valence-electron chi connectivity index (χ1n) is 23.9. The van der Waals surface area contributed by atoms with Gasteiger partial charge in [-0.1, -0.05) is 46.4 Å². The molecule has 4 atom stereocenters. The first-order chi connectivity index (χ1) is 33.3. The molecule has 0 spiro atoms. The summed E-state index contributed by atoms with van der Waals surface area (Å²) in [4.78, 5) is 4.48. The second-order valence-corrected chi connectivity index (χ2v) is 19.4. The van der Waals surface area contributed by atoms with Crippen molar-refractivity contribution in [2.45, 2.75) is 81.1 Å². The Hall–Kier alpha value is -3.16. The number of nitrogens with zero attached hydrogens (tertiary/aromatic N) is 2. The molecule has 0 bridgehead atoms. The highest BCUT2D eigenvalue weighted by Crippen LogP contribution is 2.20. The molecule has 4 aliphatic rings. The number of hydrogen-bond donors (Lipinski definition) is 7. The summed E-state index contributed by atoms with van der Waals surface area (Å²) in [6.45, 7) is 9.88. The lowest BCUT2D eigenvalue weighted by atomic mass is 10.0. The summed E-state index contributed by atoms with van der Waals surface area (Å²) in [5.41, 5.74) is 11.4. The smallest absolute Gasteiger partial charge is 0.119 e. The van der Waals surface area contributed by atoms with Gasteiger partial charge < -0.3 is 70.9 Å². The third kappa shape index (κ3) is 25.2. The Morgan fingerprint density at radius 1 is 0.536 bits per heavy atom. The van der Waals surface area contributed by atoms with E-state index in [1.54, 1.807) is 72.8 Å². The fourth-order valence-electron chi connectivity index (χ4n) is 7.42. The number of likely N-dealkylation sites (tertiary alicyclic amines) is 2. The number of nitrogens with one attached hydrogen (secondary N) is 2. The predicted molar refractivity (Wildman–Crippen MR) is 277 cm³/mol. The third-order valence-electron chi connectivity index (χ3n) is 11.6. The van der Waals surface area contributed by atoms with Gasteiger partial charge in [0.05, 0.1) is 6.61 Å². The fraction of sp³-hybridized carbons (Fsp3) is 0.529. The topological polar surface area (TPSA) is 193 Å². The van der Waals surface area contributed by atoms with Crippen molar-refractivity contribution in [3.8, 4) is 23.0 Å². The maximum atomic E-state index is 10.3. The molecular formula is C51H72Cl4N6O8. The fourth-order valence-corrected chi connectivity index (χ4v) is 7.92. The Morgan fingerprint density at radius 2 is 0.884 bits per heavy atom. The minimum atomic E-state index is -0.583. The van der Waals surface area contributed by atoms with Gasteiger partial charge in [0.1, 0.15) is 73.8 Å². The Balaban J connectivity index is 0.000000196. The summed E-state index contributed by atoms with van der Waals surface area (Å²) >= 11 is 23.2. The molecule has 9 N–H and O–H groups in total. The van der Waals surface area contributed by atoms with Gasteiger partial charge in [0.25, 0.3) is 0 Å². The van der Waals surface area contributed by atoms with E-state index in [2.05, 4.69) is 20.4 Å². The first-order valence-corrected chi connectivity index (χ1v) is 25.5. The molecule has 4 unspecified atom stereocenters. The third-order valence-corrected chi connectivity index (χ3v) is 12.6. The number of rotatable bonds is 19. The van der Waals surface area contributed by atoms with E-state index in [1.165, 1.54) is 0 Å². The Morgan fingerprint density at radius 3 is 1.25 bits per heavy atom. The maximum Gasteiger partial charge on any atom is 0.119 e. The van der Waals surface area contributed by atoms with Crippen LogP contribution in [0.1, 0.15) is 38.5 Å². The molecule has 382 valence electrons. The number of aliphatic hydroxyl groups excluding tert-OH is 3. The highest BCUT2D eigenvalue weighted by atomic mass is 35.5. The largest absolute Gasteiger partial charge is 0.491 e. The summed E-state index contributed by atoms with van der Waals surface area (Å²) in [6.07, 6.45) is 4.94. The van der Waals surface area contributed by atoms with Crippen LogP contribution in [0.2, 0.25) is 20.1 Å². The van der Waals surface area contributed by atoms with Crippen molar-refractivity contribution in [2.75, 3.05) is 91.9 Å². The number of ether oxygens (including phenoxy) is 5. The van der Waals surface area contributed by atoms with Gasteiger partial charge >= 0.3 is 0 Å². The predicted octanol–water partition coefficient (Wildman–Crippen LogP) is 6.54. The molecule has 4 fully saturated rings. The summed E-state index contributed by atoms with van der Waals surface area (Å²) in [5, 5.41) is 39.8. The Labute approximate surface area is 428 Å². The highest BCUT2D eigenvalue weighted by molar-refractivity contribution is 6.31. The number of piperidine rings is 3. The second kappa shape index (κ2) is 32.0. The van der Waals surface area contributed by atoms with Crippen molar-refractivity contribution >= 4 is 46.4 Å². The SMILES string of the molecule is Clc1ccc(OCC2CO2)cc1.NC1CCN(CC(O)COc2ccc(Cl)cc2)CC1.NC1CCNCC1.OC(CNC1CCN(CC(O)COc2ccc(Cl)cc2)CC1)COc1ccc(Cl)cc1. The van der Waals surface area contributed by atoms with Crippen LogP contribution in [-0.4, -0.2) is 160 Å². The molecule has 0 radical (unpaired) electrons. The lowest BCUT2D eigenvalue weighted by Crippen LogP contribution is -2.47. The minimum absolute atomic E-state index is 0.229. The summed E-state index contributed by atoms with van der Waals surface area (Å²) in [5.74, 6) is 2.96. The lowest BCUT2D eigenvalue weighted by molar-refractivity contribution is 0.0556. The zero-order chi connectivity index (χ0) is 49.2. The molecule has 0 aliphatic carbocycles. The van der Waals surface area contributed by atoms with E-state index in [0.717, 1.165) is 101 Å². The Bertz CT molecular complexity index is 1940. The quantitative estimate of drug-likeness (QED) is 0.0501. The van der Waals surface area contributed by atoms with Crippen LogP contribution >= 0.6 is 46.4 Å². The Kier molecular flexibility index (Phi) is 26.3. The van der Waals surface area contributed by atoms with Crippen molar-refractivity contribution in [3.63, 3.8) is 0 Å². The summed E-state index contributed by atoms with van der Waals surface area (Å²) in [6, 6.07) is 29.8. The molecule has 0 amide bonds. The van der Waals surface area contributed by atoms with Gasteiger partial charge in [-0.05, 0) is 175 Å². The highest BCUT2D eigenvalue weighted by Gasteiger charge is 2.24. The first kappa shape index (κ1) is 56.8. The van der Waals surface area contributed by atoms with Gasteiger partial charge in [-0.2, -0.15) is 0 Å². The minimum Gasteiger partial charge on any atom is -0.491 e. The van der Waals surface area contributed by atoms with Gasteiger partial charge in [-0.3, -0.25) is 0 Å². The van der Waals surface area contributed by atoms with Crippen LogP contribution in [0.25, 0.3) is 0 Å². The van der Waals surface area contributed by atoms with Gasteiger partial charge in [-0.15, -0.1) is 0 Å². The number of benzene rings is 4.